The van der Waals surface area contributed by atoms with Crippen LogP contribution in [-0.4, -0.2) is 54.1 Å². The van der Waals surface area contributed by atoms with Crippen molar-refractivity contribution in [2.24, 2.45) is 7.05 Å². The average Bonchev–Trinajstić information content (AvgIpc) is 3.22. The van der Waals surface area contributed by atoms with Gasteiger partial charge >= 0.3 is 0 Å². The molecule has 1 saturated heterocycles. The zero-order valence-electron chi connectivity index (χ0n) is 20.2. The minimum absolute atomic E-state index is 0.104. The predicted octanol–water partition coefficient (Wildman–Crippen LogP) is 4.65. The maximum absolute atomic E-state index is 13.7. The number of nitrogens with zero attached hydrogens (tertiary/aromatic N) is 3. The van der Waals surface area contributed by atoms with Gasteiger partial charge in [-0.25, -0.2) is 13.2 Å². The standard InChI is InChI=1S/C26H29ClF3N5O/c1-17-15-34(19-12-21(28)25(30)22(29)13-19)9-10-35(17)26(36)24-11-18(16-33(24)2)14-31-7-8-32-23-6-4-3-5-20(23)27/h3-6,11-13,16-17,31-32H,7-10,14-15H2,1-2H3/t17-/m0/s1. The molecule has 1 aliphatic rings. The molecule has 0 aliphatic carbocycles. The predicted molar refractivity (Wildman–Crippen MR) is 136 cm³/mol. The second-order valence-corrected chi connectivity index (χ2v) is 9.35. The summed E-state index contributed by atoms with van der Waals surface area (Å²) >= 11 is 6.15. The van der Waals surface area contributed by atoms with Crippen molar-refractivity contribution in [1.82, 2.24) is 14.8 Å². The Labute approximate surface area is 213 Å². The van der Waals surface area contributed by atoms with Crippen LogP contribution in [0.25, 0.3) is 0 Å². The van der Waals surface area contributed by atoms with Crippen LogP contribution in [0.3, 0.4) is 0 Å². The maximum atomic E-state index is 13.7. The first-order valence-electron chi connectivity index (χ1n) is 11.8. The number of benzene rings is 2. The van der Waals surface area contributed by atoms with E-state index in [9.17, 15) is 18.0 Å². The first-order chi connectivity index (χ1) is 17.2. The number of amides is 1. The highest BCUT2D eigenvalue weighted by molar-refractivity contribution is 6.33. The first kappa shape index (κ1) is 25.9. The van der Waals surface area contributed by atoms with E-state index in [0.717, 1.165) is 23.4 Å². The third-order valence-electron chi connectivity index (χ3n) is 6.32. The molecule has 10 heteroatoms. The molecular formula is C26H29ClF3N5O. The Kier molecular flexibility index (Phi) is 8.11. The van der Waals surface area contributed by atoms with E-state index in [1.54, 1.807) is 9.80 Å². The van der Waals surface area contributed by atoms with Crippen molar-refractivity contribution in [2.45, 2.75) is 19.5 Å². The molecule has 36 heavy (non-hydrogen) atoms. The molecule has 1 aliphatic heterocycles. The Morgan fingerprint density at radius 1 is 1.08 bits per heavy atom. The first-order valence-corrected chi connectivity index (χ1v) is 12.2. The highest BCUT2D eigenvalue weighted by atomic mass is 35.5. The molecule has 0 radical (unpaired) electrons. The molecule has 0 spiro atoms. The highest BCUT2D eigenvalue weighted by Gasteiger charge is 2.30. The maximum Gasteiger partial charge on any atom is 0.270 e. The zero-order valence-corrected chi connectivity index (χ0v) is 21.0. The molecule has 2 aromatic carbocycles. The van der Waals surface area contributed by atoms with Crippen LogP contribution in [0.4, 0.5) is 24.5 Å². The van der Waals surface area contributed by atoms with E-state index in [4.69, 9.17) is 11.6 Å². The minimum atomic E-state index is -1.48. The van der Waals surface area contributed by atoms with E-state index >= 15 is 0 Å². The van der Waals surface area contributed by atoms with Crippen molar-refractivity contribution in [1.29, 1.82) is 0 Å². The largest absolute Gasteiger partial charge is 0.383 e. The van der Waals surface area contributed by atoms with Crippen LogP contribution < -0.4 is 15.5 Å². The summed E-state index contributed by atoms with van der Waals surface area (Å²) in [6.07, 6.45) is 1.92. The summed E-state index contributed by atoms with van der Waals surface area (Å²) in [7, 11) is 1.83. The van der Waals surface area contributed by atoms with Gasteiger partial charge in [-0.2, -0.15) is 0 Å². The van der Waals surface area contributed by atoms with Gasteiger partial charge in [-0.3, -0.25) is 4.79 Å². The molecule has 2 heterocycles. The van der Waals surface area contributed by atoms with Crippen molar-refractivity contribution < 1.29 is 18.0 Å². The number of hydrogen-bond donors (Lipinski definition) is 2. The fourth-order valence-electron chi connectivity index (χ4n) is 4.43. The lowest BCUT2D eigenvalue weighted by Crippen LogP contribution is -2.54. The van der Waals surface area contributed by atoms with Gasteiger partial charge in [0, 0.05) is 76.4 Å². The van der Waals surface area contributed by atoms with Crippen molar-refractivity contribution in [3.05, 3.63) is 82.4 Å². The molecule has 0 unspecified atom stereocenters. The second kappa shape index (κ2) is 11.3. The molecule has 6 nitrogen and oxygen atoms in total. The molecule has 0 saturated carbocycles. The minimum Gasteiger partial charge on any atom is -0.383 e. The molecule has 3 aromatic rings. The Morgan fingerprint density at radius 3 is 2.50 bits per heavy atom. The second-order valence-electron chi connectivity index (χ2n) is 8.94. The number of aryl methyl sites for hydroxylation is 1. The number of carbonyl (C=O) groups excluding carboxylic acids is 1. The van der Waals surface area contributed by atoms with Crippen molar-refractivity contribution >= 4 is 28.9 Å². The van der Waals surface area contributed by atoms with Gasteiger partial charge in [0.1, 0.15) is 5.69 Å². The molecule has 192 valence electrons. The number of carbonyl (C=O) groups is 1. The normalized spacial score (nSPS) is 15.9. The van der Waals surface area contributed by atoms with Crippen LogP contribution in [-0.2, 0) is 13.6 Å². The van der Waals surface area contributed by atoms with Gasteiger partial charge < -0.3 is 25.0 Å². The Hall–Kier alpha value is -3.17. The number of piperazine rings is 1. The van der Waals surface area contributed by atoms with E-state index in [0.29, 0.717) is 50.0 Å². The molecule has 1 amide bonds. The molecule has 1 aromatic heterocycles. The van der Waals surface area contributed by atoms with Crippen molar-refractivity contribution in [3.63, 3.8) is 0 Å². The molecule has 4 rings (SSSR count). The van der Waals surface area contributed by atoms with Crippen LogP contribution in [0, 0.1) is 17.5 Å². The number of nitrogens with one attached hydrogen (secondary N) is 2. The fraction of sp³-hybridized carbons (Fsp3) is 0.346. The Bertz CT molecular complexity index is 1210. The fourth-order valence-corrected chi connectivity index (χ4v) is 4.63. The van der Waals surface area contributed by atoms with Crippen molar-refractivity contribution in [2.75, 3.05) is 42.9 Å². The number of hydrogen-bond acceptors (Lipinski definition) is 4. The van der Waals surface area contributed by atoms with Crippen molar-refractivity contribution in [3.8, 4) is 0 Å². The number of anilines is 2. The smallest absolute Gasteiger partial charge is 0.270 e. The van der Waals surface area contributed by atoms with Gasteiger partial charge in [0.25, 0.3) is 5.91 Å². The molecule has 0 bridgehead atoms. The number of rotatable bonds is 8. The average molecular weight is 520 g/mol. The van der Waals surface area contributed by atoms with Crippen LogP contribution in [0.2, 0.25) is 5.02 Å². The van der Waals surface area contributed by atoms with Crippen LogP contribution in [0.15, 0.2) is 48.7 Å². The van der Waals surface area contributed by atoms with Gasteiger partial charge in [-0.15, -0.1) is 0 Å². The van der Waals surface area contributed by atoms with E-state index in [1.165, 1.54) is 0 Å². The SMILES string of the molecule is C[C@H]1CN(c2cc(F)c(F)c(F)c2)CCN1C(=O)c1cc(CNCCNc2ccccc2Cl)cn1C. The summed E-state index contributed by atoms with van der Waals surface area (Å²) in [6, 6.07) is 11.2. The van der Waals surface area contributed by atoms with Gasteiger partial charge in [0.2, 0.25) is 0 Å². The topological polar surface area (TPSA) is 52.5 Å². The van der Waals surface area contributed by atoms with E-state index in [-0.39, 0.29) is 17.6 Å². The molecular weight excluding hydrogens is 491 g/mol. The molecule has 2 N–H and O–H groups in total. The molecule has 1 fully saturated rings. The summed E-state index contributed by atoms with van der Waals surface area (Å²) in [5.74, 6) is -4.03. The zero-order chi connectivity index (χ0) is 25.8. The van der Waals surface area contributed by atoms with Crippen LogP contribution >= 0.6 is 11.6 Å². The van der Waals surface area contributed by atoms with Crippen LogP contribution in [0.5, 0.6) is 0 Å². The lowest BCUT2D eigenvalue weighted by atomic mass is 10.1. The van der Waals surface area contributed by atoms with Gasteiger partial charge in [-0.1, -0.05) is 23.7 Å². The molecule has 1 atom stereocenters. The van der Waals surface area contributed by atoms with E-state index in [2.05, 4.69) is 10.6 Å². The summed E-state index contributed by atoms with van der Waals surface area (Å²) in [6.45, 7) is 5.06. The summed E-state index contributed by atoms with van der Waals surface area (Å²) in [5, 5.41) is 7.32. The Morgan fingerprint density at radius 2 is 1.81 bits per heavy atom. The Balaban J connectivity index is 1.30. The lowest BCUT2D eigenvalue weighted by Gasteiger charge is -2.41. The number of aromatic nitrogens is 1. The summed E-state index contributed by atoms with van der Waals surface area (Å²) in [5.41, 5.74) is 2.71. The number of para-hydroxylation sites is 1. The third-order valence-corrected chi connectivity index (χ3v) is 6.65. The van der Waals surface area contributed by atoms with Gasteiger partial charge in [0.15, 0.2) is 17.5 Å². The van der Waals surface area contributed by atoms with Crippen LogP contribution in [0.1, 0.15) is 23.0 Å². The van der Waals surface area contributed by atoms with Gasteiger partial charge in [-0.05, 0) is 30.7 Å². The van der Waals surface area contributed by atoms with Gasteiger partial charge in [0.05, 0.1) is 10.7 Å². The third kappa shape index (κ3) is 5.79. The quantitative estimate of drug-likeness (QED) is 0.336. The van der Waals surface area contributed by atoms with E-state index < -0.39 is 17.5 Å². The van der Waals surface area contributed by atoms with E-state index in [1.807, 2.05) is 55.1 Å². The highest BCUT2D eigenvalue weighted by Crippen LogP contribution is 2.25. The summed E-state index contributed by atoms with van der Waals surface area (Å²) in [4.78, 5) is 16.8. The summed E-state index contributed by atoms with van der Waals surface area (Å²) < 4.78 is 42.5. The lowest BCUT2D eigenvalue weighted by molar-refractivity contribution is 0.0664. The number of halogens is 4. The monoisotopic (exact) mass is 519 g/mol.